The molecule has 1 heterocycles. The molecule has 0 aromatic heterocycles. The smallest absolute Gasteiger partial charge is 0.246 e. The van der Waals surface area contributed by atoms with Crippen molar-refractivity contribution >= 4 is 29.8 Å². The molecular formula is C23H35N5O4. The molecule has 0 aliphatic carbocycles. The van der Waals surface area contributed by atoms with Crippen LogP contribution in [0.5, 0.6) is 0 Å². The van der Waals surface area contributed by atoms with E-state index in [1.807, 2.05) is 26.8 Å². The number of anilines is 1. The summed E-state index contributed by atoms with van der Waals surface area (Å²) >= 11 is 0. The third-order valence-electron chi connectivity index (χ3n) is 5.68. The lowest BCUT2D eigenvalue weighted by Crippen LogP contribution is -2.59. The minimum Gasteiger partial charge on any atom is -0.350 e. The van der Waals surface area contributed by atoms with E-state index < -0.39 is 23.5 Å². The number of nitrogens with one attached hydrogen (secondary N) is 4. The first kappa shape index (κ1) is 25.3. The highest BCUT2D eigenvalue weighted by atomic mass is 16.2. The van der Waals surface area contributed by atoms with E-state index in [2.05, 4.69) is 21.3 Å². The van der Waals surface area contributed by atoms with Crippen molar-refractivity contribution in [2.45, 2.75) is 65.2 Å². The van der Waals surface area contributed by atoms with E-state index in [1.165, 1.54) is 0 Å². The molecule has 3 atom stereocenters. The maximum absolute atomic E-state index is 13.4. The monoisotopic (exact) mass is 445 g/mol. The van der Waals surface area contributed by atoms with Gasteiger partial charge < -0.3 is 26.2 Å². The molecule has 0 bridgehead atoms. The Morgan fingerprint density at radius 1 is 1.25 bits per heavy atom. The Hall–Kier alpha value is -2.94. The van der Waals surface area contributed by atoms with E-state index >= 15 is 0 Å². The number of carbonyl (C=O) groups excluding carboxylic acids is 4. The van der Waals surface area contributed by atoms with Gasteiger partial charge in [0.15, 0.2) is 0 Å². The van der Waals surface area contributed by atoms with Gasteiger partial charge in [0.25, 0.3) is 0 Å². The third kappa shape index (κ3) is 6.53. The quantitative estimate of drug-likeness (QED) is 0.423. The zero-order valence-corrected chi connectivity index (χ0v) is 19.5. The van der Waals surface area contributed by atoms with Gasteiger partial charge in [-0.1, -0.05) is 32.9 Å². The molecule has 9 heteroatoms. The van der Waals surface area contributed by atoms with Gasteiger partial charge in [-0.3, -0.25) is 19.2 Å². The zero-order valence-electron chi connectivity index (χ0n) is 19.5. The Labute approximate surface area is 189 Å². The first-order chi connectivity index (χ1) is 15.1. The lowest BCUT2D eigenvalue weighted by molar-refractivity contribution is -0.144. The fourth-order valence-electron chi connectivity index (χ4n) is 3.66. The van der Waals surface area contributed by atoms with E-state index in [9.17, 15) is 19.2 Å². The van der Waals surface area contributed by atoms with Crippen LogP contribution in [0.4, 0.5) is 5.69 Å². The summed E-state index contributed by atoms with van der Waals surface area (Å²) in [5.41, 5.74) is 0.960. The fraction of sp³-hybridized carbons (Fsp3) is 0.565. The normalized spacial score (nSPS) is 17.9. The van der Waals surface area contributed by atoms with Crippen LogP contribution in [-0.4, -0.2) is 60.7 Å². The summed E-state index contributed by atoms with van der Waals surface area (Å²) in [4.78, 5) is 51.0. The van der Waals surface area contributed by atoms with Crippen molar-refractivity contribution in [2.75, 3.05) is 18.9 Å². The Morgan fingerprint density at radius 3 is 2.59 bits per heavy atom. The molecule has 176 valence electrons. The molecule has 1 saturated heterocycles. The van der Waals surface area contributed by atoms with Crippen molar-refractivity contribution < 1.29 is 19.2 Å². The summed E-state index contributed by atoms with van der Waals surface area (Å²) in [6.45, 7) is 8.16. The van der Waals surface area contributed by atoms with Crippen LogP contribution in [0.3, 0.4) is 0 Å². The highest BCUT2D eigenvalue weighted by molar-refractivity contribution is 5.93. The first-order valence-corrected chi connectivity index (χ1v) is 10.9. The molecule has 0 spiro atoms. The Kier molecular flexibility index (Phi) is 8.77. The highest BCUT2D eigenvalue weighted by Crippen LogP contribution is 2.26. The lowest BCUT2D eigenvalue weighted by atomic mass is 9.85. The zero-order chi connectivity index (χ0) is 23.9. The first-order valence-electron chi connectivity index (χ1n) is 10.9. The summed E-state index contributed by atoms with van der Waals surface area (Å²) in [6.07, 6.45) is 1.89. The number of likely N-dealkylation sites (tertiary alicyclic amines) is 1. The van der Waals surface area contributed by atoms with Crippen molar-refractivity contribution in [1.29, 1.82) is 0 Å². The van der Waals surface area contributed by atoms with Gasteiger partial charge in [-0.2, -0.15) is 0 Å². The average Bonchev–Trinajstić information content (AvgIpc) is 3.24. The van der Waals surface area contributed by atoms with Crippen molar-refractivity contribution in [2.24, 2.45) is 5.41 Å². The Bertz CT molecular complexity index is 836. The van der Waals surface area contributed by atoms with Crippen LogP contribution in [-0.2, 0) is 25.7 Å². The van der Waals surface area contributed by atoms with Crippen LogP contribution in [0.25, 0.3) is 0 Å². The van der Waals surface area contributed by atoms with Gasteiger partial charge in [0, 0.05) is 18.8 Å². The molecule has 1 aromatic rings. The molecule has 4 N–H and O–H groups in total. The molecule has 1 aliphatic rings. The second-order valence-corrected chi connectivity index (χ2v) is 9.19. The van der Waals surface area contributed by atoms with Gasteiger partial charge in [-0.05, 0) is 49.9 Å². The number of rotatable bonds is 9. The van der Waals surface area contributed by atoms with E-state index in [-0.39, 0.29) is 24.3 Å². The van der Waals surface area contributed by atoms with Gasteiger partial charge in [-0.15, -0.1) is 0 Å². The maximum Gasteiger partial charge on any atom is 0.246 e. The van der Waals surface area contributed by atoms with Crippen LogP contribution in [0.1, 0.15) is 46.1 Å². The third-order valence-corrected chi connectivity index (χ3v) is 5.68. The van der Waals surface area contributed by atoms with Gasteiger partial charge in [0.05, 0.1) is 6.04 Å². The Morgan fingerprint density at radius 2 is 1.97 bits per heavy atom. The molecular weight excluding hydrogens is 410 g/mol. The van der Waals surface area contributed by atoms with Crippen LogP contribution in [0.15, 0.2) is 24.3 Å². The van der Waals surface area contributed by atoms with Gasteiger partial charge in [0.2, 0.25) is 24.1 Å². The molecule has 1 aromatic carbocycles. The SMILES string of the molecule is CNC(C)C(=O)NC(C(=O)N1CCCC1C(=O)NCc1cccc(NC=O)c1)C(C)(C)C. The predicted octanol–water partition coefficient (Wildman–Crippen LogP) is 1.00. The molecule has 1 aliphatic heterocycles. The van der Waals surface area contributed by atoms with Crippen LogP contribution in [0, 0.1) is 5.41 Å². The number of amides is 4. The maximum atomic E-state index is 13.4. The summed E-state index contributed by atoms with van der Waals surface area (Å²) in [5, 5.41) is 11.2. The summed E-state index contributed by atoms with van der Waals surface area (Å²) < 4.78 is 0. The largest absolute Gasteiger partial charge is 0.350 e. The van der Waals surface area contributed by atoms with E-state index in [1.54, 1.807) is 37.1 Å². The van der Waals surface area contributed by atoms with Crippen molar-refractivity contribution in [3.8, 4) is 0 Å². The van der Waals surface area contributed by atoms with Crippen molar-refractivity contribution in [3.05, 3.63) is 29.8 Å². The minimum absolute atomic E-state index is 0.229. The van der Waals surface area contributed by atoms with Gasteiger partial charge in [-0.25, -0.2) is 0 Å². The van der Waals surface area contributed by atoms with Crippen LogP contribution in [0.2, 0.25) is 0 Å². The summed E-state index contributed by atoms with van der Waals surface area (Å²) in [6, 6.07) is 5.42. The molecule has 9 nitrogen and oxygen atoms in total. The number of likely N-dealkylation sites (N-methyl/N-ethyl adjacent to an activating group) is 1. The molecule has 2 rings (SSSR count). The highest BCUT2D eigenvalue weighted by Gasteiger charge is 2.42. The number of hydrogen-bond acceptors (Lipinski definition) is 5. The summed E-state index contributed by atoms with van der Waals surface area (Å²) in [5.74, 6) is -0.735. The molecule has 1 fully saturated rings. The standard InChI is InChI=1S/C23H35N5O4/c1-15(24-5)20(30)27-19(23(2,3)4)22(32)28-11-7-10-18(28)21(31)25-13-16-8-6-9-17(12-16)26-14-29/h6,8-9,12,14-15,18-19,24H,7,10-11,13H2,1-5H3,(H,25,31)(H,26,29)(H,27,30). The van der Waals surface area contributed by atoms with Gasteiger partial charge in [0.1, 0.15) is 12.1 Å². The number of carbonyl (C=O) groups is 4. The fourth-order valence-corrected chi connectivity index (χ4v) is 3.66. The van der Waals surface area contributed by atoms with Crippen LogP contribution < -0.4 is 21.3 Å². The van der Waals surface area contributed by atoms with E-state index in [0.29, 0.717) is 25.1 Å². The lowest BCUT2D eigenvalue weighted by Gasteiger charge is -2.36. The molecule has 3 unspecified atom stereocenters. The number of benzene rings is 1. The predicted molar refractivity (Wildman–Crippen MR) is 123 cm³/mol. The van der Waals surface area contributed by atoms with Gasteiger partial charge >= 0.3 is 0 Å². The van der Waals surface area contributed by atoms with Crippen molar-refractivity contribution in [3.63, 3.8) is 0 Å². The molecule has 4 amide bonds. The molecule has 32 heavy (non-hydrogen) atoms. The average molecular weight is 446 g/mol. The summed E-state index contributed by atoms with van der Waals surface area (Å²) in [7, 11) is 1.68. The number of hydrogen-bond donors (Lipinski definition) is 4. The van der Waals surface area contributed by atoms with Crippen molar-refractivity contribution in [1.82, 2.24) is 20.9 Å². The molecule has 0 radical (unpaired) electrons. The number of nitrogens with zero attached hydrogens (tertiary/aromatic N) is 1. The Balaban J connectivity index is 2.08. The van der Waals surface area contributed by atoms with Crippen LogP contribution >= 0.6 is 0 Å². The second kappa shape index (κ2) is 11.1. The van der Waals surface area contributed by atoms with E-state index in [4.69, 9.17) is 0 Å². The van der Waals surface area contributed by atoms with E-state index in [0.717, 1.165) is 12.0 Å². The molecule has 0 saturated carbocycles. The topological polar surface area (TPSA) is 120 Å². The second-order valence-electron chi connectivity index (χ2n) is 9.19. The minimum atomic E-state index is -0.745.